The van der Waals surface area contributed by atoms with Gasteiger partial charge in [0.2, 0.25) is 0 Å². The van der Waals surface area contributed by atoms with Crippen LogP contribution < -0.4 is 0 Å². The van der Waals surface area contributed by atoms with Gasteiger partial charge in [-0.3, -0.25) is 9.89 Å². The van der Waals surface area contributed by atoms with Crippen LogP contribution in [0.4, 0.5) is 4.39 Å². The molecule has 6 nitrogen and oxygen atoms in total. The number of carbonyl (C=O) groups is 1. The molecule has 3 aromatic rings. The van der Waals surface area contributed by atoms with Crippen molar-refractivity contribution in [3.05, 3.63) is 60.1 Å². The third kappa shape index (κ3) is 3.37. The minimum absolute atomic E-state index is 0.107. The van der Waals surface area contributed by atoms with E-state index in [0.717, 1.165) is 25.2 Å². The van der Waals surface area contributed by atoms with Crippen LogP contribution in [0.5, 0.6) is 0 Å². The molecule has 1 amide bonds. The number of imidazole rings is 1. The van der Waals surface area contributed by atoms with Gasteiger partial charge >= 0.3 is 0 Å². The van der Waals surface area contributed by atoms with Crippen molar-refractivity contribution < 1.29 is 9.18 Å². The lowest BCUT2D eigenvalue weighted by atomic mass is 9.96. The number of amides is 1. The van der Waals surface area contributed by atoms with Crippen molar-refractivity contribution in [1.82, 2.24) is 24.6 Å². The van der Waals surface area contributed by atoms with E-state index in [0.29, 0.717) is 30.0 Å². The first-order valence-electron chi connectivity index (χ1n) is 9.28. The number of likely N-dealkylation sites (tertiary alicyclic amines) is 1. The van der Waals surface area contributed by atoms with Crippen LogP contribution in [0.1, 0.15) is 42.0 Å². The Balaban J connectivity index is 1.52. The number of halogens is 1. The Morgan fingerprint density at radius 3 is 3.04 bits per heavy atom. The molecule has 1 N–H and O–H groups in total. The second kappa shape index (κ2) is 7.34. The van der Waals surface area contributed by atoms with Crippen molar-refractivity contribution >= 4 is 5.91 Å². The topological polar surface area (TPSA) is 66.8 Å². The zero-order chi connectivity index (χ0) is 18.8. The number of nitrogens with one attached hydrogen (secondary N) is 1. The minimum Gasteiger partial charge on any atom is -0.337 e. The summed E-state index contributed by atoms with van der Waals surface area (Å²) in [6, 6.07) is 8.04. The summed E-state index contributed by atoms with van der Waals surface area (Å²) in [6.07, 6.45) is 5.74. The highest BCUT2D eigenvalue weighted by molar-refractivity contribution is 5.93. The summed E-state index contributed by atoms with van der Waals surface area (Å²) in [7, 11) is 0. The molecule has 1 fully saturated rings. The van der Waals surface area contributed by atoms with Crippen LogP contribution in [0.25, 0.3) is 11.3 Å². The molecule has 1 atom stereocenters. The normalized spacial score (nSPS) is 17.3. The van der Waals surface area contributed by atoms with Crippen LogP contribution in [-0.2, 0) is 6.54 Å². The first kappa shape index (κ1) is 17.5. The van der Waals surface area contributed by atoms with Crippen molar-refractivity contribution in [1.29, 1.82) is 0 Å². The Bertz CT molecular complexity index is 947. The first-order chi connectivity index (χ1) is 13.2. The highest BCUT2D eigenvalue weighted by Crippen LogP contribution is 2.27. The molecule has 140 valence electrons. The van der Waals surface area contributed by atoms with Gasteiger partial charge in [0.05, 0.1) is 5.69 Å². The maximum atomic E-state index is 14.0. The highest BCUT2D eigenvalue weighted by atomic mass is 19.1. The lowest BCUT2D eigenvalue weighted by Crippen LogP contribution is -2.40. The van der Waals surface area contributed by atoms with Crippen molar-refractivity contribution in [3.63, 3.8) is 0 Å². The molecule has 2 aromatic heterocycles. The van der Waals surface area contributed by atoms with E-state index in [1.807, 2.05) is 17.3 Å². The summed E-state index contributed by atoms with van der Waals surface area (Å²) in [4.78, 5) is 19.3. The second-order valence-corrected chi connectivity index (χ2v) is 6.81. The molecule has 0 aliphatic carbocycles. The Morgan fingerprint density at radius 2 is 2.22 bits per heavy atom. The van der Waals surface area contributed by atoms with Gasteiger partial charge in [0.25, 0.3) is 5.91 Å². The Hall–Kier alpha value is -2.96. The van der Waals surface area contributed by atoms with E-state index < -0.39 is 0 Å². The maximum Gasteiger partial charge on any atom is 0.271 e. The van der Waals surface area contributed by atoms with Crippen molar-refractivity contribution in [3.8, 4) is 11.3 Å². The van der Waals surface area contributed by atoms with Gasteiger partial charge in [-0.05, 0) is 38.0 Å². The minimum atomic E-state index is -0.354. The highest BCUT2D eigenvalue weighted by Gasteiger charge is 2.28. The molecule has 0 unspecified atom stereocenters. The van der Waals surface area contributed by atoms with Crippen LogP contribution in [0.3, 0.4) is 0 Å². The van der Waals surface area contributed by atoms with Crippen LogP contribution >= 0.6 is 0 Å². The standard InChI is InChI=1S/C20H22FN5O/c1-2-25-11-9-22-19(25)14-6-5-10-26(13-14)20(27)18-12-17(23-24-18)15-7-3-4-8-16(15)21/h3-4,7-9,11-12,14H,2,5-6,10,13H2,1H3,(H,23,24)/t14-/m1/s1. The zero-order valence-electron chi connectivity index (χ0n) is 15.2. The molecule has 0 saturated carbocycles. The van der Waals surface area contributed by atoms with E-state index in [4.69, 9.17) is 0 Å². The summed E-state index contributed by atoms with van der Waals surface area (Å²) in [6.45, 7) is 4.29. The van der Waals surface area contributed by atoms with E-state index in [1.165, 1.54) is 6.07 Å². The predicted octanol–water partition coefficient (Wildman–Crippen LogP) is 3.45. The summed E-state index contributed by atoms with van der Waals surface area (Å²) < 4.78 is 16.1. The van der Waals surface area contributed by atoms with Gasteiger partial charge in [-0.2, -0.15) is 5.10 Å². The molecular formula is C20H22FN5O. The third-order valence-electron chi connectivity index (χ3n) is 5.12. The molecule has 0 radical (unpaired) electrons. The first-order valence-corrected chi connectivity index (χ1v) is 9.28. The molecule has 0 bridgehead atoms. The van der Waals surface area contributed by atoms with Gasteiger partial charge in [-0.25, -0.2) is 9.37 Å². The van der Waals surface area contributed by atoms with Crippen LogP contribution in [0, 0.1) is 5.82 Å². The number of aromatic amines is 1. The molecule has 7 heteroatoms. The lowest BCUT2D eigenvalue weighted by molar-refractivity contribution is 0.0697. The van der Waals surface area contributed by atoms with Gasteiger partial charge in [0.1, 0.15) is 17.3 Å². The number of aromatic nitrogens is 4. The summed E-state index contributed by atoms with van der Waals surface area (Å²) in [5.74, 6) is 0.801. The van der Waals surface area contributed by atoms with Gasteiger partial charge in [0.15, 0.2) is 0 Å². The summed E-state index contributed by atoms with van der Waals surface area (Å²) in [5, 5.41) is 6.90. The number of rotatable bonds is 4. The zero-order valence-corrected chi connectivity index (χ0v) is 15.2. The van der Waals surface area contributed by atoms with Crippen LogP contribution in [-0.4, -0.2) is 43.6 Å². The molecule has 1 aliphatic rings. The van der Waals surface area contributed by atoms with Crippen molar-refractivity contribution in [2.75, 3.05) is 13.1 Å². The van der Waals surface area contributed by atoms with Crippen molar-refractivity contribution in [2.45, 2.75) is 32.2 Å². The fourth-order valence-corrected chi connectivity index (χ4v) is 3.73. The van der Waals surface area contributed by atoms with Crippen LogP contribution in [0.15, 0.2) is 42.7 Å². The van der Waals surface area contributed by atoms with E-state index in [1.54, 1.807) is 24.3 Å². The SMILES string of the molecule is CCn1ccnc1[C@@H]1CCCN(C(=O)c2cc(-c3ccccc3F)n[nH]2)C1. The monoisotopic (exact) mass is 367 g/mol. The van der Waals surface area contributed by atoms with Gasteiger partial charge in [0, 0.05) is 43.5 Å². The van der Waals surface area contributed by atoms with E-state index in [2.05, 4.69) is 26.7 Å². The number of aryl methyl sites for hydroxylation is 1. The van der Waals surface area contributed by atoms with Crippen molar-refractivity contribution in [2.24, 2.45) is 0 Å². The number of H-pyrrole nitrogens is 1. The lowest BCUT2D eigenvalue weighted by Gasteiger charge is -2.32. The third-order valence-corrected chi connectivity index (χ3v) is 5.12. The summed E-state index contributed by atoms with van der Waals surface area (Å²) >= 11 is 0. The van der Waals surface area contributed by atoms with Gasteiger partial charge < -0.3 is 9.47 Å². The fraction of sp³-hybridized carbons (Fsp3) is 0.350. The van der Waals surface area contributed by atoms with E-state index >= 15 is 0 Å². The quantitative estimate of drug-likeness (QED) is 0.768. The number of hydrogen-bond acceptors (Lipinski definition) is 3. The Labute approximate surface area is 157 Å². The molecule has 4 rings (SSSR count). The van der Waals surface area contributed by atoms with E-state index in [-0.39, 0.29) is 17.6 Å². The number of piperidine rings is 1. The number of benzene rings is 1. The number of carbonyl (C=O) groups excluding carboxylic acids is 1. The molecule has 1 saturated heterocycles. The smallest absolute Gasteiger partial charge is 0.271 e. The second-order valence-electron chi connectivity index (χ2n) is 6.81. The van der Waals surface area contributed by atoms with Gasteiger partial charge in [-0.15, -0.1) is 0 Å². The largest absolute Gasteiger partial charge is 0.337 e. The number of nitrogens with zero attached hydrogens (tertiary/aromatic N) is 4. The van der Waals surface area contributed by atoms with Crippen LogP contribution in [0.2, 0.25) is 0 Å². The molecular weight excluding hydrogens is 345 g/mol. The number of hydrogen-bond donors (Lipinski definition) is 1. The van der Waals surface area contributed by atoms with E-state index in [9.17, 15) is 9.18 Å². The fourth-order valence-electron chi connectivity index (χ4n) is 3.73. The maximum absolute atomic E-state index is 14.0. The molecule has 1 aromatic carbocycles. The molecule has 3 heterocycles. The molecule has 1 aliphatic heterocycles. The summed E-state index contributed by atoms with van der Waals surface area (Å²) in [5.41, 5.74) is 1.20. The average molecular weight is 367 g/mol. The Morgan fingerprint density at radius 1 is 1.37 bits per heavy atom. The average Bonchev–Trinajstić information content (AvgIpc) is 3.37. The molecule has 0 spiro atoms. The van der Waals surface area contributed by atoms with Gasteiger partial charge in [-0.1, -0.05) is 12.1 Å². The Kier molecular flexibility index (Phi) is 4.75. The predicted molar refractivity (Wildman–Crippen MR) is 99.8 cm³/mol. The molecule has 27 heavy (non-hydrogen) atoms.